The summed E-state index contributed by atoms with van der Waals surface area (Å²) in [5, 5.41) is 1.99. The van der Waals surface area contributed by atoms with E-state index in [1.54, 1.807) is 0 Å². The van der Waals surface area contributed by atoms with Crippen LogP contribution in [0.15, 0.2) is 11.6 Å². The molecule has 0 atom stereocenters. The number of nitrogens with one attached hydrogen (secondary N) is 1. The summed E-state index contributed by atoms with van der Waals surface area (Å²) in [6.45, 7) is 12.8. The van der Waals surface area contributed by atoms with Gasteiger partial charge in [-0.3, -0.25) is 10.1 Å². The van der Waals surface area contributed by atoms with Crippen LogP contribution in [0.2, 0.25) is 0 Å². The van der Waals surface area contributed by atoms with E-state index in [-0.39, 0.29) is 11.6 Å². The standard InChI is InChI=1S/C5H4N4O/c1-7-4(6)5(8-2)9-3-10/h3H,6H2,(H,9,10)/b5-4+. The molecule has 0 aromatic heterocycles. The molecule has 0 radical (unpaired) electrons. The Labute approximate surface area is 57.8 Å². The maximum absolute atomic E-state index is 9.75. The molecular weight excluding hydrogens is 132 g/mol. The van der Waals surface area contributed by atoms with Gasteiger partial charge in [0.05, 0.1) is 0 Å². The SMILES string of the molecule is [C-]#[N+]/C(N)=C(\[N+]#[C-])NC=O. The van der Waals surface area contributed by atoms with E-state index >= 15 is 0 Å². The zero-order valence-corrected chi connectivity index (χ0v) is 4.96. The lowest BCUT2D eigenvalue weighted by Crippen LogP contribution is -2.12. The zero-order valence-electron chi connectivity index (χ0n) is 4.96. The van der Waals surface area contributed by atoms with Gasteiger partial charge in [0.2, 0.25) is 11.6 Å². The van der Waals surface area contributed by atoms with Crippen LogP contribution in [0, 0.1) is 13.1 Å². The number of amides is 1. The van der Waals surface area contributed by atoms with E-state index in [1.807, 2.05) is 5.32 Å². The van der Waals surface area contributed by atoms with E-state index in [9.17, 15) is 4.79 Å². The van der Waals surface area contributed by atoms with E-state index in [2.05, 4.69) is 9.69 Å². The first kappa shape index (κ1) is 7.99. The molecule has 3 N–H and O–H groups in total. The van der Waals surface area contributed by atoms with Gasteiger partial charge in [-0.05, 0) is 0 Å². The summed E-state index contributed by atoms with van der Waals surface area (Å²) in [6.07, 6.45) is 0.297. The minimum absolute atomic E-state index is 0.231. The minimum Gasteiger partial charge on any atom is -0.374 e. The third-order valence-corrected chi connectivity index (χ3v) is 0.671. The molecule has 0 aliphatic heterocycles. The Balaban J connectivity index is 4.53. The molecule has 0 saturated heterocycles. The second-order valence-electron chi connectivity index (χ2n) is 1.22. The van der Waals surface area contributed by atoms with Crippen molar-refractivity contribution in [1.29, 1.82) is 0 Å². The van der Waals surface area contributed by atoms with Gasteiger partial charge in [-0.25, -0.2) is 0 Å². The van der Waals surface area contributed by atoms with Crippen molar-refractivity contribution in [2.24, 2.45) is 5.73 Å². The summed E-state index contributed by atoms with van der Waals surface area (Å²) in [6, 6.07) is 0. The van der Waals surface area contributed by atoms with E-state index in [1.165, 1.54) is 0 Å². The van der Waals surface area contributed by atoms with Crippen molar-refractivity contribution in [2.75, 3.05) is 0 Å². The zero-order chi connectivity index (χ0) is 7.98. The van der Waals surface area contributed by atoms with Crippen LogP contribution in [-0.2, 0) is 4.79 Å². The maximum atomic E-state index is 9.75. The lowest BCUT2D eigenvalue weighted by atomic mass is 10.6. The van der Waals surface area contributed by atoms with Crippen LogP contribution in [-0.4, -0.2) is 6.41 Å². The van der Waals surface area contributed by atoms with Crippen LogP contribution in [0.25, 0.3) is 9.69 Å². The molecule has 0 saturated carbocycles. The lowest BCUT2D eigenvalue weighted by molar-refractivity contribution is -0.108. The molecule has 0 aromatic rings. The average Bonchev–Trinajstić information content (AvgIpc) is 1.99. The van der Waals surface area contributed by atoms with Crippen molar-refractivity contribution in [3.05, 3.63) is 34.5 Å². The molecular formula is C5H4N4O. The topological polar surface area (TPSA) is 63.8 Å². The Kier molecular flexibility index (Phi) is 3.14. The van der Waals surface area contributed by atoms with Gasteiger partial charge in [0.25, 0.3) is 6.41 Å². The van der Waals surface area contributed by atoms with Gasteiger partial charge in [0.15, 0.2) is 0 Å². The summed E-state index contributed by atoms with van der Waals surface area (Å²) in [5.41, 5.74) is 5.00. The molecule has 0 unspecified atom stereocenters. The molecule has 0 aromatic carbocycles. The predicted molar refractivity (Wildman–Crippen MR) is 33.6 cm³/mol. The van der Waals surface area contributed by atoms with Crippen molar-refractivity contribution in [3.63, 3.8) is 0 Å². The fourth-order valence-electron chi connectivity index (χ4n) is 0.272. The van der Waals surface area contributed by atoms with Gasteiger partial charge in [-0.15, -0.1) is 0 Å². The van der Waals surface area contributed by atoms with Gasteiger partial charge in [-0.2, -0.15) is 0 Å². The highest BCUT2D eigenvalue weighted by Crippen LogP contribution is 1.95. The third kappa shape index (κ3) is 1.85. The quantitative estimate of drug-likeness (QED) is 0.402. The molecule has 0 aliphatic carbocycles. The van der Waals surface area contributed by atoms with Crippen molar-refractivity contribution in [3.8, 4) is 0 Å². The van der Waals surface area contributed by atoms with Gasteiger partial charge < -0.3 is 15.4 Å². The van der Waals surface area contributed by atoms with Crippen molar-refractivity contribution >= 4 is 6.41 Å². The number of rotatable bonds is 2. The van der Waals surface area contributed by atoms with Gasteiger partial charge in [-0.1, -0.05) is 13.1 Å². The first-order valence-corrected chi connectivity index (χ1v) is 2.21. The first-order chi connectivity index (χ1) is 4.76. The molecule has 0 rings (SSSR count). The number of nitrogens with zero attached hydrogens (tertiary/aromatic N) is 2. The Bertz CT molecular complexity index is 241. The molecule has 5 nitrogen and oxygen atoms in total. The molecule has 0 bridgehead atoms. The molecule has 5 heteroatoms. The number of nitrogens with two attached hydrogens (primary N) is 1. The molecule has 10 heavy (non-hydrogen) atoms. The van der Waals surface area contributed by atoms with Crippen LogP contribution in [0.1, 0.15) is 0 Å². The second kappa shape index (κ2) is 3.93. The van der Waals surface area contributed by atoms with E-state index in [4.69, 9.17) is 18.9 Å². The molecule has 0 aliphatic rings. The summed E-state index contributed by atoms with van der Waals surface area (Å²) in [4.78, 5) is 15.3. The summed E-state index contributed by atoms with van der Waals surface area (Å²) >= 11 is 0. The van der Waals surface area contributed by atoms with Gasteiger partial charge >= 0.3 is 0 Å². The van der Waals surface area contributed by atoms with Crippen molar-refractivity contribution in [2.45, 2.75) is 0 Å². The number of carbonyl (C=O) groups is 1. The average molecular weight is 136 g/mol. The number of hydrogen-bond acceptors (Lipinski definition) is 2. The molecule has 1 amide bonds. The first-order valence-electron chi connectivity index (χ1n) is 2.21. The van der Waals surface area contributed by atoms with Crippen LogP contribution in [0.3, 0.4) is 0 Å². The minimum atomic E-state index is -0.304. The monoisotopic (exact) mass is 136 g/mol. The lowest BCUT2D eigenvalue weighted by Gasteiger charge is -1.94. The highest BCUT2D eigenvalue weighted by Gasteiger charge is 1.96. The maximum Gasteiger partial charge on any atom is 0.279 e. The van der Waals surface area contributed by atoms with E-state index in [0.29, 0.717) is 6.41 Å². The van der Waals surface area contributed by atoms with Gasteiger partial charge in [0.1, 0.15) is 0 Å². The Morgan fingerprint density at radius 2 is 2.10 bits per heavy atom. The molecule has 0 fully saturated rings. The van der Waals surface area contributed by atoms with Crippen molar-refractivity contribution < 1.29 is 4.79 Å². The number of carbonyl (C=O) groups excluding carboxylic acids is 1. The Hall–Kier alpha value is -2.01. The summed E-state index contributed by atoms with van der Waals surface area (Å²) < 4.78 is 0. The summed E-state index contributed by atoms with van der Waals surface area (Å²) in [5.74, 6) is -0.535. The largest absolute Gasteiger partial charge is 0.374 e. The van der Waals surface area contributed by atoms with E-state index < -0.39 is 0 Å². The highest BCUT2D eigenvalue weighted by atomic mass is 16.1. The van der Waals surface area contributed by atoms with Crippen LogP contribution in [0.5, 0.6) is 0 Å². The highest BCUT2D eigenvalue weighted by molar-refractivity contribution is 5.51. The molecule has 50 valence electrons. The smallest absolute Gasteiger partial charge is 0.279 e. The molecule has 0 heterocycles. The van der Waals surface area contributed by atoms with E-state index in [0.717, 1.165) is 0 Å². The van der Waals surface area contributed by atoms with Crippen molar-refractivity contribution in [1.82, 2.24) is 5.32 Å². The predicted octanol–water partition coefficient (Wildman–Crippen LogP) is -0.344. The normalized spacial score (nSPS) is 10.2. The number of hydrogen-bond donors (Lipinski definition) is 2. The Morgan fingerprint density at radius 1 is 1.50 bits per heavy atom. The van der Waals surface area contributed by atoms with Crippen LogP contribution < -0.4 is 11.1 Å². The fourth-order valence-corrected chi connectivity index (χ4v) is 0.272. The van der Waals surface area contributed by atoms with Crippen LogP contribution >= 0.6 is 0 Å². The Morgan fingerprint density at radius 3 is 2.40 bits per heavy atom. The molecule has 0 spiro atoms. The second-order valence-corrected chi connectivity index (χ2v) is 1.22. The third-order valence-electron chi connectivity index (χ3n) is 0.671. The summed E-state index contributed by atoms with van der Waals surface area (Å²) in [7, 11) is 0. The van der Waals surface area contributed by atoms with Gasteiger partial charge in [0, 0.05) is 0 Å². The van der Waals surface area contributed by atoms with Crippen LogP contribution in [0.4, 0.5) is 0 Å². The fraction of sp³-hybridized carbons (Fsp3) is 0.